The van der Waals surface area contributed by atoms with Crippen molar-refractivity contribution >= 4 is 11.8 Å². The van der Waals surface area contributed by atoms with Crippen molar-refractivity contribution in [1.82, 2.24) is 9.80 Å². The molecule has 2 heterocycles. The molecule has 2 fully saturated rings. The normalized spacial score (nSPS) is 23.0. The highest BCUT2D eigenvalue weighted by Crippen LogP contribution is 2.39. The Kier molecular flexibility index (Phi) is 5.39. The van der Waals surface area contributed by atoms with Gasteiger partial charge < -0.3 is 19.3 Å². The summed E-state index contributed by atoms with van der Waals surface area (Å²) >= 11 is 0. The van der Waals surface area contributed by atoms with Gasteiger partial charge in [-0.15, -0.1) is 0 Å². The van der Waals surface area contributed by atoms with Crippen LogP contribution >= 0.6 is 0 Å². The molecule has 0 bridgehead atoms. The minimum Gasteiger partial charge on any atom is -0.493 e. The van der Waals surface area contributed by atoms with Crippen LogP contribution in [0.4, 0.5) is 0 Å². The molecule has 2 amide bonds. The number of carbonyl (C=O) groups is 2. The number of hydrogen-bond acceptors (Lipinski definition) is 4. The largest absolute Gasteiger partial charge is 0.493 e. The molecule has 2 aliphatic heterocycles. The molecule has 3 rings (SSSR count). The Balaban J connectivity index is 1.73. The van der Waals surface area contributed by atoms with Gasteiger partial charge >= 0.3 is 0 Å². The number of hydrogen-bond donors (Lipinski definition) is 0. The second kappa shape index (κ2) is 7.56. The number of piperidine rings is 1. The molecule has 1 atom stereocenters. The third kappa shape index (κ3) is 3.24. The molecule has 26 heavy (non-hydrogen) atoms. The first-order chi connectivity index (χ1) is 12.5. The summed E-state index contributed by atoms with van der Waals surface area (Å²) in [6.07, 6.45) is 3.28. The smallest absolute Gasteiger partial charge is 0.261 e. The highest BCUT2D eigenvalue weighted by molar-refractivity contribution is 5.93. The van der Waals surface area contributed by atoms with E-state index in [-0.39, 0.29) is 24.5 Å². The molecule has 0 radical (unpaired) electrons. The van der Waals surface area contributed by atoms with Crippen molar-refractivity contribution in [3.8, 4) is 11.5 Å². The molecule has 0 N–H and O–H groups in total. The van der Waals surface area contributed by atoms with Crippen molar-refractivity contribution in [2.24, 2.45) is 0 Å². The van der Waals surface area contributed by atoms with E-state index in [1.165, 1.54) is 0 Å². The maximum Gasteiger partial charge on any atom is 0.261 e. The minimum atomic E-state index is -0.677. The zero-order valence-corrected chi connectivity index (χ0v) is 15.9. The van der Waals surface area contributed by atoms with Crippen LogP contribution in [0, 0.1) is 0 Å². The molecule has 1 aromatic rings. The lowest BCUT2D eigenvalue weighted by molar-refractivity contribution is -0.157. The molecule has 6 heteroatoms. The van der Waals surface area contributed by atoms with Crippen molar-refractivity contribution in [2.75, 3.05) is 26.8 Å². The topological polar surface area (TPSA) is 59.1 Å². The summed E-state index contributed by atoms with van der Waals surface area (Å²) in [4.78, 5) is 29.7. The Morgan fingerprint density at radius 1 is 1.15 bits per heavy atom. The number of carbonyl (C=O) groups excluding carboxylic acids is 2. The van der Waals surface area contributed by atoms with Crippen LogP contribution in [-0.2, 0) is 9.59 Å². The quantitative estimate of drug-likeness (QED) is 0.809. The van der Waals surface area contributed by atoms with Crippen molar-refractivity contribution in [1.29, 1.82) is 0 Å². The summed E-state index contributed by atoms with van der Waals surface area (Å²) in [5.74, 6) is 1.10. The highest BCUT2D eigenvalue weighted by Gasteiger charge is 2.53. The van der Waals surface area contributed by atoms with E-state index < -0.39 is 5.54 Å². The van der Waals surface area contributed by atoms with E-state index >= 15 is 0 Å². The molecule has 142 valence electrons. The predicted octanol–water partition coefficient (Wildman–Crippen LogP) is 2.47. The number of nitrogens with zero attached hydrogens (tertiary/aromatic N) is 2. The van der Waals surface area contributed by atoms with Gasteiger partial charge in [0.05, 0.1) is 7.11 Å². The molecular weight excluding hydrogens is 332 g/mol. The van der Waals surface area contributed by atoms with Crippen LogP contribution < -0.4 is 9.47 Å². The van der Waals surface area contributed by atoms with E-state index in [0.29, 0.717) is 18.0 Å². The van der Waals surface area contributed by atoms with Gasteiger partial charge in [-0.05, 0) is 51.7 Å². The van der Waals surface area contributed by atoms with Gasteiger partial charge in [0.2, 0.25) is 5.91 Å². The number of likely N-dealkylation sites (tertiary alicyclic amines) is 2. The van der Waals surface area contributed by atoms with E-state index in [9.17, 15) is 9.59 Å². The Labute approximate surface area is 155 Å². The summed E-state index contributed by atoms with van der Waals surface area (Å²) in [6.45, 7) is 5.37. The van der Waals surface area contributed by atoms with Gasteiger partial charge in [0.1, 0.15) is 5.54 Å². The maximum atomic E-state index is 13.2. The lowest BCUT2D eigenvalue weighted by Crippen LogP contribution is -2.63. The Morgan fingerprint density at radius 2 is 1.81 bits per heavy atom. The van der Waals surface area contributed by atoms with Gasteiger partial charge in [0.15, 0.2) is 18.1 Å². The number of rotatable bonds is 5. The van der Waals surface area contributed by atoms with E-state index in [0.717, 1.165) is 32.2 Å². The molecule has 0 aromatic heterocycles. The molecule has 1 unspecified atom stereocenters. The first-order valence-electron chi connectivity index (χ1n) is 9.37. The fraction of sp³-hybridized carbons (Fsp3) is 0.600. The predicted molar refractivity (Wildman–Crippen MR) is 98.3 cm³/mol. The number of amides is 2. The van der Waals surface area contributed by atoms with E-state index in [1.54, 1.807) is 24.1 Å². The van der Waals surface area contributed by atoms with Gasteiger partial charge in [-0.3, -0.25) is 9.59 Å². The average molecular weight is 360 g/mol. The second-order valence-corrected chi connectivity index (χ2v) is 7.32. The molecule has 6 nitrogen and oxygen atoms in total. The molecule has 0 saturated carbocycles. The number of para-hydroxylation sites is 2. The van der Waals surface area contributed by atoms with Gasteiger partial charge in [-0.25, -0.2) is 0 Å². The van der Waals surface area contributed by atoms with Crippen molar-refractivity contribution in [2.45, 2.75) is 51.1 Å². The molecule has 1 aromatic carbocycles. The fourth-order valence-corrected chi connectivity index (χ4v) is 4.19. The number of benzene rings is 1. The molecule has 2 saturated heterocycles. The lowest BCUT2D eigenvalue weighted by Gasteiger charge is -2.45. The van der Waals surface area contributed by atoms with Gasteiger partial charge in [-0.2, -0.15) is 0 Å². The van der Waals surface area contributed by atoms with Crippen LogP contribution in [0.5, 0.6) is 11.5 Å². The van der Waals surface area contributed by atoms with Gasteiger partial charge in [-0.1, -0.05) is 12.1 Å². The average Bonchev–Trinajstić information content (AvgIpc) is 3.06. The Morgan fingerprint density at radius 3 is 2.46 bits per heavy atom. The highest BCUT2D eigenvalue weighted by atomic mass is 16.5. The summed E-state index contributed by atoms with van der Waals surface area (Å²) < 4.78 is 11.0. The summed E-state index contributed by atoms with van der Waals surface area (Å²) in [6, 6.07) is 7.41. The van der Waals surface area contributed by atoms with Gasteiger partial charge in [0.25, 0.3) is 5.91 Å². The molecular formula is C20H28N2O4. The fourth-order valence-electron chi connectivity index (χ4n) is 4.19. The first-order valence-corrected chi connectivity index (χ1v) is 9.37. The molecule has 0 aliphatic carbocycles. The van der Waals surface area contributed by atoms with Crippen LogP contribution in [0.15, 0.2) is 24.3 Å². The van der Waals surface area contributed by atoms with Crippen LogP contribution in [0.25, 0.3) is 0 Å². The third-order valence-corrected chi connectivity index (χ3v) is 5.48. The van der Waals surface area contributed by atoms with Gasteiger partial charge in [0, 0.05) is 19.1 Å². The molecule has 2 aliphatic rings. The van der Waals surface area contributed by atoms with Crippen molar-refractivity contribution < 1.29 is 19.1 Å². The summed E-state index contributed by atoms with van der Waals surface area (Å²) in [5.41, 5.74) is -0.677. The van der Waals surface area contributed by atoms with Crippen molar-refractivity contribution in [3.05, 3.63) is 24.3 Å². The van der Waals surface area contributed by atoms with E-state index in [2.05, 4.69) is 0 Å². The third-order valence-electron chi connectivity index (χ3n) is 5.48. The molecule has 1 spiro atoms. The number of ether oxygens (including phenoxy) is 2. The zero-order valence-electron chi connectivity index (χ0n) is 15.9. The lowest BCUT2D eigenvalue weighted by atomic mass is 9.84. The first kappa shape index (κ1) is 18.5. The van der Waals surface area contributed by atoms with Crippen LogP contribution in [0.2, 0.25) is 0 Å². The van der Waals surface area contributed by atoms with Crippen LogP contribution in [0.3, 0.4) is 0 Å². The van der Waals surface area contributed by atoms with E-state index in [1.807, 2.05) is 30.9 Å². The minimum absolute atomic E-state index is 0.0862. The van der Waals surface area contributed by atoms with Crippen molar-refractivity contribution in [3.63, 3.8) is 0 Å². The Hall–Kier alpha value is -2.24. The second-order valence-electron chi connectivity index (χ2n) is 7.32. The maximum absolute atomic E-state index is 13.2. The van der Waals surface area contributed by atoms with Crippen LogP contribution in [-0.4, -0.2) is 60.0 Å². The summed E-state index contributed by atoms with van der Waals surface area (Å²) in [5, 5.41) is 0. The SMILES string of the molecule is COc1ccccc1OCC(=O)N1CCCC12CCCN(C(C)C)C2=O. The Bertz CT molecular complexity index is 676. The van der Waals surface area contributed by atoms with E-state index in [4.69, 9.17) is 9.47 Å². The zero-order chi connectivity index (χ0) is 18.7. The summed E-state index contributed by atoms with van der Waals surface area (Å²) in [7, 11) is 1.57. The van der Waals surface area contributed by atoms with Crippen LogP contribution in [0.1, 0.15) is 39.5 Å². The standard InChI is InChI=1S/C20H28N2O4/c1-15(2)21-12-6-10-20(19(21)24)11-7-13-22(20)18(23)14-26-17-9-5-4-8-16(17)25-3/h4-5,8-9,15H,6-7,10-14H2,1-3H3. The number of methoxy groups -OCH3 is 1. The monoisotopic (exact) mass is 360 g/mol.